The van der Waals surface area contributed by atoms with Crippen LogP contribution in [0.5, 0.6) is 5.75 Å². The van der Waals surface area contributed by atoms with Crippen LogP contribution in [0.3, 0.4) is 0 Å². The van der Waals surface area contributed by atoms with Gasteiger partial charge in [0.1, 0.15) is 5.75 Å². The van der Waals surface area contributed by atoms with Gasteiger partial charge in [0.25, 0.3) is 0 Å². The monoisotopic (exact) mass is 380 g/mol. The number of carbonyl (C=O) groups is 1. The number of methoxy groups -OCH3 is 1. The fraction of sp³-hybridized carbons (Fsp3) is 0.182. The van der Waals surface area contributed by atoms with Gasteiger partial charge in [-0.1, -0.05) is 41.9 Å². The van der Waals surface area contributed by atoms with E-state index < -0.39 is 0 Å². The van der Waals surface area contributed by atoms with Gasteiger partial charge in [-0.25, -0.2) is 0 Å². The van der Waals surface area contributed by atoms with Crippen molar-refractivity contribution in [3.63, 3.8) is 0 Å². The first-order valence-electron chi connectivity index (χ1n) is 8.70. The van der Waals surface area contributed by atoms with E-state index >= 15 is 0 Å². The minimum Gasteiger partial charge on any atom is -0.497 e. The van der Waals surface area contributed by atoms with E-state index in [4.69, 9.17) is 16.3 Å². The van der Waals surface area contributed by atoms with Crippen LogP contribution in [-0.4, -0.2) is 18.0 Å². The molecule has 1 atom stereocenters. The minimum absolute atomic E-state index is 0.0306. The zero-order valence-electron chi connectivity index (χ0n) is 15.1. The van der Waals surface area contributed by atoms with E-state index in [1.807, 2.05) is 60.7 Å². The van der Waals surface area contributed by atoms with Crippen LogP contribution in [0, 0.1) is 0 Å². The molecule has 1 aromatic heterocycles. The van der Waals surface area contributed by atoms with Gasteiger partial charge >= 0.3 is 0 Å². The Labute approximate surface area is 164 Å². The van der Waals surface area contributed by atoms with Crippen molar-refractivity contribution in [1.82, 2.24) is 10.3 Å². The lowest BCUT2D eigenvalue weighted by atomic mass is 9.91. The van der Waals surface area contributed by atoms with Crippen LogP contribution in [0.15, 0.2) is 73.1 Å². The average molecular weight is 381 g/mol. The number of nitrogens with one attached hydrogen (secondary N) is 1. The first kappa shape index (κ1) is 18.9. The second kappa shape index (κ2) is 9.19. The molecule has 27 heavy (non-hydrogen) atoms. The Morgan fingerprint density at radius 1 is 1.07 bits per heavy atom. The smallest absolute Gasteiger partial charge is 0.228 e. The number of hydrogen-bond acceptors (Lipinski definition) is 3. The quantitative estimate of drug-likeness (QED) is 0.661. The highest BCUT2D eigenvalue weighted by molar-refractivity contribution is 6.30. The Morgan fingerprint density at radius 2 is 1.81 bits per heavy atom. The molecule has 0 saturated carbocycles. The maximum absolute atomic E-state index is 12.9. The SMILES string of the molecule is COc1ccc(CNC(=O)C(Cc2cccnc2)c2ccc(Cl)cc2)cc1. The number of halogens is 1. The van der Waals surface area contributed by atoms with Crippen LogP contribution in [0.1, 0.15) is 22.6 Å². The van der Waals surface area contributed by atoms with Crippen molar-refractivity contribution in [1.29, 1.82) is 0 Å². The van der Waals surface area contributed by atoms with E-state index in [0.29, 0.717) is 18.0 Å². The summed E-state index contributed by atoms with van der Waals surface area (Å²) in [5.74, 6) is 0.447. The average Bonchev–Trinajstić information content (AvgIpc) is 2.72. The lowest BCUT2D eigenvalue weighted by Gasteiger charge is -2.18. The number of nitrogens with zero attached hydrogens (tertiary/aromatic N) is 1. The Morgan fingerprint density at radius 3 is 2.44 bits per heavy atom. The molecule has 0 bridgehead atoms. The molecule has 2 aromatic carbocycles. The van der Waals surface area contributed by atoms with Crippen molar-refractivity contribution >= 4 is 17.5 Å². The lowest BCUT2D eigenvalue weighted by Crippen LogP contribution is -2.30. The first-order chi connectivity index (χ1) is 13.2. The van der Waals surface area contributed by atoms with Crippen LogP contribution >= 0.6 is 11.6 Å². The third-order valence-electron chi connectivity index (χ3n) is 4.38. The molecule has 0 spiro atoms. The maximum atomic E-state index is 12.9. The summed E-state index contributed by atoms with van der Waals surface area (Å²) in [7, 11) is 1.63. The molecule has 1 heterocycles. The molecule has 1 amide bonds. The molecule has 138 valence electrons. The number of hydrogen-bond donors (Lipinski definition) is 1. The van der Waals surface area contributed by atoms with Gasteiger partial charge in [-0.15, -0.1) is 0 Å². The predicted molar refractivity (Wildman–Crippen MR) is 107 cm³/mol. The Bertz CT molecular complexity index is 865. The van der Waals surface area contributed by atoms with Crippen LogP contribution in [0.4, 0.5) is 0 Å². The number of carbonyl (C=O) groups excluding carboxylic acids is 1. The second-order valence-corrected chi connectivity index (χ2v) is 6.67. The summed E-state index contributed by atoms with van der Waals surface area (Å²) in [6, 6.07) is 18.9. The van der Waals surface area contributed by atoms with Gasteiger partial charge < -0.3 is 10.1 Å². The molecule has 0 radical (unpaired) electrons. The highest BCUT2D eigenvalue weighted by atomic mass is 35.5. The van der Waals surface area contributed by atoms with E-state index in [1.165, 1.54) is 0 Å². The summed E-state index contributed by atoms with van der Waals surface area (Å²) < 4.78 is 5.16. The molecule has 1 unspecified atom stereocenters. The van der Waals surface area contributed by atoms with Crippen LogP contribution in [0.25, 0.3) is 0 Å². The number of aromatic nitrogens is 1. The van der Waals surface area contributed by atoms with Crippen molar-refractivity contribution in [2.24, 2.45) is 0 Å². The Kier molecular flexibility index (Phi) is 6.44. The van der Waals surface area contributed by atoms with Gasteiger partial charge in [0, 0.05) is 24.0 Å². The van der Waals surface area contributed by atoms with E-state index in [1.54, 1.807) is 19.5 Å². The molecule has 3 aromatic rings. The summed E-state index contributed by atoms with van der Waals surface area (Å²) in [6.07, 6.45) is 4.09. The summed E-state index contributed by atoms with van der Waals surface area (Å²) in [6.45, 7) is 0.458. The summed E-state index contributed by atoms with van der Waals surface area (Å²) in [4.78, 5) is 17.1. The van der Waals surface area contributed by atoms with Crippen molar-refractivity contribution in [2.75, 3.05) is 7.11 Å². The number of benzene rings is 2. The number of ether oxygens (including phenoxy) is 1. The van der Waals surface area contributed by atoms with Crippen molar-refractivity contribution in [2.45, 2.75) is 18.9 Å². The fourth-order valence-electron chi connectivity index (χ4n) is 2.87. The van der Waals surface area contributed by atoms with Gasteiger partial charge in [0.05, 0.1) is 13.0 Å². The second-order valence-electron chi connectivity index (χ2n) is 6.24. The third-order valence-corrected chi connectivity index (χ3v) is 4.63. The Balaban J connectivity index is 1.74. The van der Waals surface area contributed by atoms with Gasteiger partial charge in [-0.3, -0.25) is 9.78 Å². The minimum atomic E-state index is -0.315. The summed E-state index contributed by atoms with van der Waals surface area (Å²) in [5, 5.41) is 3.69. The zero-order chi connectivity index (χ0) is 19.1. The van der Waals surface area contributed by atoms with E-state index in [-0.39, 0.29) is 11.8 Å². The molecule has 0 fully saturated rings. The molecule has 3 rings (SSSR count). The molecule has 0 aliphatic carbocycles. The van der Waals surface area contributed by atoms with Crippen molar-refractivity contribution in [3.05, 3.63) is 94.8 Å². The number of amides is 1. The third kappa shape index (κ3) is 5.31. The van der Waals surface area contributed by atoms with Gasteiger partial charge in [0.2, 0.25) is 5.91 Å². The summed E-state index contributed by atoms with van der Waals surface area (Å²) in [5.41, 5.74) is 2.95. The summed E-state index contributed by atoms with van der Waals surface area (Å²) >= 11 is 6.00. The maximum Gasteiger partial charge on any atom is 0.228 e. The zero-order valence-corrected chi connectivity index (χ0v) is 15.8. The van der Waals surface area contributed by atoms with Crippen molar-refractivity contribution in [3.8, 4) is 5.75 Å². The molecule has 4 nitrogen and oxygen atoms in total. The predicted octanol–water partition coefficient (Wildman–Crippen LogP) is 4.39. The molecule has 0 aliphatic rings. The van der Waals surface area contributed by atoms with Crippen LogP contribution < -0.4 is 10.1 Å². The normalized spacial score (nSPS) is 11.6. The lowest BCUT2D eigenvalue weighted by molar-refractivity contribution is -0.122. The number of pyridine rings is 1. The highest BCUT2D eigenvalue weighted by Gasteiger charge is 2.21. The van der Waals surface area contributed by atoms with Gasteiger partial charge in [0.15, 0.2) is 0 Å². The molecule has 0 aliphatic heterocycles. The topological polar surface area (TPSA) is 51.2 Å². The first-order valence-corrected chi connectivity index (χ1v) is 9.08. The fourth-order valence-corrected chi connectivity index (χ4v) is 2.99. The molecular weight excluding hydrogens is 360 g/mol. The van der Waals surface area contributed by atoms with Crippen molar-refractivity contribution < 1.29 is 9.53 Å². The molecule has 1 N–H and O–H groups in total. The molecular formula is C22H21ClN2O2. The van der Waals surface area contributed by atoms with E-state index in [9.17, 15) is 4.79 Å². The van der Waals surface area contributed by atoms with E-state index in [2.05, 4.69) is 10.3 Å². The van der Waals surface area contributed by atoms with Gasteiger partial charge in [-0.05, 0) is 53.4 Å². The van der Waals surface area contributed by atoms with Crippen LogP contribution in [-0.2, 0) is 17.8 Å². The molecule has 5 heteroatoms. The largest absolute Gasteiger partial charge is 0.497 e. The molecule has 0 saturated heterocycles. The standard InChI is InChI=1S/C22H21ClN2O2/c1-27-20-10-4-16(5-11-20)15-25-22(26)21(13-17-3-2-12-24-14-17)18-6-8-19(23)9-7-18/h2-12,14,21H,13,15H2,1H3,(H,25,26). The Hall–Kier alpha value is -2.85. The number of rotatable bonds is 7. The van der Waals surface area contributed by atoms with Crippen LogP contribution in [0.2, 0.25) is 5.02 Å². The van der Waals surface area contributed by atoms with E-state index in [0.717, 1.165) is 22.4 Å². The highest BCUT2D eigenvalue weighted by Crippen LogP contribution is 2.23. The van der Waals surface area contributed by atoms with Gasteiger partial charge in [-0.2, -0.15) is 0 Å².